The molecule has 1 unspecified atom stereocenters. The van der Waals surface area contributed by atoms with Crippen molar-refractivity contribution in [1.29, 1.82) is 0 Å². The molecule has 0 amide bonds. The Hall–Kier alpha value is -2.36. The molecule has 3 fully saturated rings. The van der Waals surface area contributed by atoms with Crippen molar-refractivity contribution in [3.8, 4) is 0 Å². The number of rotatable bonds is 8. The van der Waals surface area contributed by atoms with Crippen molar-refractivity contribution < 1.29 is 66.9 Å². The van der Waals surface area contributed by atoms with Gasteiger partial charge in [0.15, 0.2) is 35.2 Å². The van der Waals surface area contributed by atoms with Crippen LogP contribution in [0.25, 0.3) is 0 Å². The van der Waals surface area contributed by atoms with Crippen LogP contribution in [0.4, 0.5) is 0 Å². The topological polar surface area (TPSA) is 172 Å². The first-order chi connectivity index (χ1) is 21.1. The Bertz CT molecular complexity index is 1210. The summed E-state index contributed by atoms with van der Waals surface area (Å²) in [5, 5.41) is 12.1. The molecule has 0 saturated carbocycles. The molecule has 3 rings (SSSR count). The fourth-order valence-corrected chi connectivity index (χ4v) is 5.69. The SMILES string of the molecule is CC(=O)OC[C@H]1OC(O)[C@@]2([C@@]3(COC(=O)C(C)(C)C)OC(C)(C)O[C@@H]3COC(=O)C(C)(C)C)OC(C)(C)O[C@H]2[C@H]1OC(=O)C(C)(C)C. The number of aliphatic hydroxyl groups excluding tert-OH is 1. The van der Waals surface area contributed by atoms with Crippen molar-refractivity contribution in [3.05, 3.63) is 0 Å². The molecule has 0 aromatic carbocycles. The van der Waals surface area contributed by atoms with Gasteiger partial charge in [-0.3, -0.25) is 19.2 Å². The second-order valence-corrected chi connectivity index (χ2v) is 16.5. The van der Waals surface area contributed by atoms with Crippen LogP contribution in [-0.2, 0) is 61.8 Å². The summed E-state index contributed by atoms with van der Waals surface area (Å²) in [4.78, 5) is 51.4. The zero-order chi connectivity index (χ0) is 36.2. The van der Waals surface area contributed by atoms with Gasteiger partial charge in [-0.2, -0.15) is 0 Å². The molecule has 3 aliphatic heterocycles. The number of hydrogen-bond acceptors (Lipinski definition) is 14. The van der Waals surface area contributed by atoms with Crippen LogP contribution < -0.4 is 0 Å². The summed E-state index contributed by atoms with van der Waals surface area (Å²) < 4.78 is 54.9. The van der Waals surface area contributed by atoms with Gasteiger partial charge < -0.3 is 47.7 Å². The Morgan fingerprint density at radius 3 is 1.72 bits per heavy atom. The molecular formula is C33H54O14. The third-order valence-electron chi connectivity index (χ3n) is 7.93. The molecule has 0 aromatic heterocycles. The van der Waals surface area contributed by atoms with E-state index in [1.54, 1.807) is 90.0 Å². The smallest absolute Gasteiger partial charge is 0.311 e. The minimum atomic E-state index is -2.16. The second kappa shape index (κ2) is 12.8. The largest absolute Gasteiger partial charge is 0.463 e. The summed E-state index contributed by atoms with van der Waals surface area (Å²) >= 11 is 0. The molecule has 0 aromatic rings. The van der Waals surface area contributed by atoms with E-state index in [4.69, 9.17) is 42.6 Å². The van der Waals surface area contributed by atoms with Crippen molar-refractivity contribution in [2.24, 2.45) is 16.2 Å². The minimum absolute atomic E-state index is 0.410. The molecule has 3 heterocycles. The zero-order valence-electron chi connectivity index (χ0n) is 30.3. The first-order valence-electron chi connectivity index (χ1n) is 15.9. The molecular weight excluding hydrogens is 620 g/mol. The van der Waals surface area contributed by atoms with Crippen LogP contribution in [0, 0.1) is 16.2 Å². The monoisotopic (exact) mass is 674 g/mol. The first-order valence-corrected chi connectivity index (χ1v) is 15.9. The zero-order valence-corrected chi connectivity index (χ0v) is 30.3. The van der Waals surface area contributed by atoms with Crippen LogP contribution in [0.3, 0.4) is 0 Å². The Labute approximate surface area is 277 Å². The van der Waals surface area contributed by atoms with Crippen molar-refractivity contribution in [2.75, 3.05) is 19.8 Å². The highest BCUT2D eigenvalue weighted by molar-refractivity contribution is 5.76. The van der Waals surface area contributed by atoms with E-state index in [9.17, 15) is 24.3 Å². The second-order valence-electron chi connectivity index (χ2n) is 16.5. The molecule has 0 aliphatic carbocycles. The molecule has 270 valence electrons. The fourth-order valence-electron chi connectivity index (χ4n) is 5.69. The van der Waals surface area contributed by atoms with Gasteiger partial charge in [-0.05, 0) is 90.0 Å². The van der Waals surface area contributed by atoms with E-state index in [0.717, 1.165) is 0 Å². The van der Waals surface area contributed by atoms with E-state index in [1.165, 1.54) is 6.92 Å². The number of carbonyl (C=O) groups is 4. The molecule has 47 heavy (non-hydrogen) atoms. The highest BCUT2D eigenvalue weighted by Crippen LogP contribution is 2.57. The lowest BCUT2D eigenvalue weighted by Gasteiger charge is -2.54. The van der Waals surface area contributed by atoms with Gasteiger partial charge in [0.2, 0.25) is 0 Å². The van der Waals surface area contributed by atoms with Gasteiger partial charge in [0.25, 0.3) is 0 Å². The van der Waals surface area contributed by atoms with Crippen molar-refractivity contribution >= 4 is 23.9 Å². The van der Waals surface area contributed by atoms with E-state index in [1.807, 2.05) is 0 Å². The normalized spacial score (nSPS) is 33.5. The molecule has 0 radical (unpaired) electrons. The minimum Gasteiger partial charge on any atom is -0.463 e. The number of carbonyl (C=O) groups excluding carboxylic acids is 4. The van der Waals surface area contributed by atoms with E-state index in [0.29, 0.717) is 0 Å². The molecule has 7 atom stereocenters. The summed E-state index contributed by atoms with van der Waals surface area (Å²) in [7, 11) is 0. The lowest BCUT2D eigenvalue weighted by atomic mass is 9.70. The Kier molecular flexibility index (Phi) is 10.7. The predicted octanol–water partition coefficient (Wildman–Crippen LogP) is 3.18. The molecule has 14 nitrogen and oxygen atoms in total. The summed E-state index contributed by atoms with van der Waals surface area (Å²) in [5.41, 5.74) is -6.98. The number of ether oxygens (including phenoxy) is 9. The first kappa shape index (κ1) is 39.1. The quantitative estimate of drug-likeness (QED) is 0.294. The van der Waals surface area contributed by atoms with Gasteiger partial charge in [-0.15, -0.1) is 0 Å². The lowest BCUT2D eigenvalue weighted by Crippen LogP contribution is -2.79. The molecule has 3 saturated heterocycles. The van der Waals surface area contributed by atoms with Crippen LogP contribution in [0.5, 0.6) is 0 Å². The molecule has 1 N–H and O–H groups in total. The summed E-state index contributed by atoms with van der Waals surface area (Å²) in [6.07, 6.45) is -7.16. The van der Waals surface area contributed by atoms with Gasteiger partial charge >= 0.3 is 23.9 Å². The van der Waals surface area contributed by atoms with Gasteiger partial charge in [0.1, 0.15) is 38.1 Å². The van der Waals surface area contributed by atoms with Crippen molar-refractivity contribution in [2.45, 2.75) is 150 Å². The highest BCUT2D eigenvalue weighted by atomic mass is 16.8. The standard InChI is InChI=1S/C33H54O14/c1-18(34)39-15-19-21(43-25(37)29(8,9)10)22-33(26(38)42-19,47-31(13,14)45-22)32(17-41-24(36)28(5,6)7)20(44-30(11,12)46-32)16-40-23(35)27(2,3)4/h19-22,26,38H,15-17H2,1-14H3/t19-,20-,21+,22+,26?,32+,33+/m1/s1. The summed E-state index contributed by atoms with van der Waals surface area (Å²) in [6, 6.07) is 0. The third-order valence-corrected chi connectivity index (χ3v) is 7.93. The maximum absolute atomic E-state index is 13.4. The van der Waals surface area contributed by atoms with E-state index in [-0.39, 0.29) is 0 Å². The average molecular weight is 675 g/mol. The van der Waals surface area contributed by atoms with Gasteiger partial charge in [0.05, 0.1) is 16.2 Å². The summed E-state index contributed by atoms with van der Waals surface area (Å²) in [5.74, 6) is -5.36. The van der Waals surface area contributed by atoms with Crippen LogP contribution in [0.1, 0.15) is 96.9 Å². The molecule has 0 bridgehead atoms. The van der Waals surface area contributed by atoms with Gasteiger partial charge in [-0.1, -0.05) is 0 Å². The number of esters is 4. The Morgan fingerprint density at radius 2 is 1.21 bits per heavy atom. The highest BCUT2D eigenvalue weighted by Gasteiger charge is 2.80. The van der Waals surface area contributed by atoms with Crippen LogP contribution in [0.2, 0.25) is 0 Å². The van der Waals surface area contributed by atoms with Crippen LogP contribution >= 0.6 is 0 Å². The van der Waals surface area contributed by atoms with Gasteiger partial charge in [-0.25, -0.2) is 0 Å². The van der Waals surface area contributed by atoms with Crippen LogP contribution in [0.15, 0.2) is 0 Å². The molecule has 3 aliphatic rings. The van der Waals surface area contributed by atoms with Crippen LogP contribution in [-0.4, -0.2) is 102 Å². The average Bonchev–Trinajstić information content (AvgIpc) is 3.34. The number of hydrogen-bond donors (Lipinski definition) is 1. The van der Waals surface area contributed by atoms with Crippen molar-refractivity contribution in [1.82, 2.24) is 0 Å². The van der Waals surface area contributed by atoms with E-state index in [2.05, 4.69) is 0 Å². The number of aliphatic hydroxyl groups is 1. The molecule has 0 spiro atoms. The summed E-state index contributed by atoms with van der Waals surface area (Å²) in [6.45, 7) is 21.2. The van der Waals surface area contributed by atoms with Gasteiger partial charge in [0, 0.05) is 6.92 Å². The van der Waals surface area contributed by atoms with Crippen molar-refractivity contribution in [3.63, 3.8) is 0 Å². The van der Waals surface area contributed by atoms with E-state index >= 15 is 0 Å². The maximum atomic E-state index is 13.4. The Balaban J connectivity index is 2.29. The predicted molar refractivity (Wildman–Crippen MR) is 163 cm³/mol. The fraction of sp³-hybridized carbons (Fsp3) is 0.879. The van der Waals surface area contributed by atoms with E-state index < -0.39 is 113 Å². The Morgan fingerprint density at radius 1 is 0.702 bits per heavy atom. The molecule has 14 heteroatoms. The maximum Gasteiger partial charge on any atom is 0.311 e. The lowest BCUT2D eigenvalue weighted by molar-refractivity contribution is -0.362. The number of fused-ring (bicyclic) bond motifs is 1. The third kappa shape index (κ3) is 8.10.